The molecular formula is C20H32O2. The van der Waals surface area contributed by atoms with Crippen LogP contribution in [0.3, 0.4) is 0 Å². The molecule has 124 valence electrons. The standard InChI is InChI=1S/C20H32O2/c1-2-3-4-5-6-7-8-9-10-12-18-13-11-14-19(15-18)21-16-20-17-22-20/h11,13-15,20H,2-10,12,16-17H2,1H3. The molecular weight excluding hydrogens is 272 g/mol. The minimum Gasteiger partial charge on any atom is -0.491 e. The third kappa shape index (κ3) is 7.84. The highest BCUT2D eigenvalue weighted by Crippen LogP contribution is 2.18. The van der Waals surface area contributed by atoms with E-state index in [1.165, 1.54) is 69.8 Å². The van der Waals surface area contributed by atoms with Gasteiger partial charge in [-0.1, -0.05) is 70.4 Å². The van der Waals surface area contributed by atoms with Crippen LogP contribution in [0.1, 0.15) is 70.3 Å². The average molecular weight is 304 g/mol. The summed E-state index contributed by atoms with van der Waals surface area (Å²) in [6, 6.07) is 8.55. The first-order valence-electron chi connectivity index (χ1n) is 9.22. The number of aryl methyl sites for hydroxylation is 1. The van der Waals surface area contributed by atoms with Crippen LogP contribution >= 0.6 is 0 Å². The Balaban J connectivity index is 1.50. The van der Waals surface area contributed by atoms with Gasteiger partial charge >= 0.3 is 0 Å². The first kappa shape index (κ1) is 17.3. The van der Waals surface area contributed by atoms with Gasteiger partial charge in [0.15, 0.2) is 0 Å². The maximum Gasteiger partial charge on any atom is 0.119 e. The molecule has 0 aromatic heterocycles. The van der Waals surface area contributed by atoms with Crippen molar-refractivity contribution in [3.63, 3.8) is 0 Å². The molecule has 0 radical (unpaired) electrons. The van der Waals surface area contributed by atoms with Crippen molar-refractivity contribution in [1.29, 1.82) is 0 Å². The molecule has 1 saturated heterocycles. The Morgan fingerprint density at radius 3 is 2.36 bits per heavy atom. The Bertz CT molecular complexity index is 398. The van der Waals surface area contributed by atoms with Crippen molar-refractivity contribution in [2.75, 3.05) is 13.2 Å². The summed E-state index contributed by atoms with van der Waals surface area (Å²) < 4.78 is 10.9. The van der Waals surface area contributed by atoms with Crippen LogP contribution in [0.15, 0.2) is 24.3 Å². The molecule has 1 atom stereocenters. The molecule has 1 aliphatic rings. The molecule has 0 bridgehead atoms. The summed E-state index contributed by atoms with van der Waals surface area (Å²) >= 11 is 0. The molecule has 0 N–H and O–H groups in total. The molecule has 22 heavy (non-hydrogen) atoms. The quantitative estimate of drug-likeness (QED) is 0.352. The van der Waals surface area contributed by atoms with E-state index in [0.29, 0.717) is 12.7 Å². The summed E-state index contributed by atoms with van der Waals surface area (Å²) in [6.45, 7) is 3.83. The number of benzene rings is 1. The summed E-state index contributed by atoms with van der Waals surface area (Å²) in [6.07, 6.45) is 14.0. The van der Waals surface area contributed by atoms with Crippen molar-refractivity contribution < 1.29 is 9.47 Å². The molecule has 1 heterocycles. The van der Waals surface area contributed by atoms with Gasteiger partial charge in [-0.3, -0.25) is 0 Å². The third-order valence-corrected chi connectivity index (χ3v) is 4.31. The van der Waals surface area contributed by atoms with Gasteiger partial charge in [0.25, 0.3) is 0 Å². The molecule has 1 aromatic rings. The Morgan fingerprint density at radius 2 is 1.68 bits per heavy atom. The second-order valence-electron chi connectivity index (χ2n) is 6.49. The Hall–Kier alpha value is -1.02. The first-order chi connectivity index (χ1) is 10.9. The summed E-state index contributed by atoms with van der Waals surface area (Å²) in [4.78, 5) is 0. The number of hydrogen-bond donors (Lipinski definition) is 0. The van der Waals surface area contributed by atoms with Crippen LogP contribution in [-0.4, -0.2) is 19.3 Å². The van der Waals surface area contributed by atoms with Gasteiger partial charge in [-0.25, -0.2) is 0 Å². The zero-order valence-corrected chi connectivity index (χ0v) is 14.2. The van der Waals surface area contributed by atoms with Crippen LogP contribution in [0, 0.1) is 0 Å². The number of epoxide rings is 1. The van der Waals surface area contributed by atoms with Gasteiger partial charge in [-0.15, -0.1) is 0 Å². The molecule has 1 fully saturated rings. The maximum absolute atomic E-state index is 5.74. The zero-order chi connectivity index (χ0) is 15.5. The number of ether oxygens (including phenoxy) is 2. The van der Waals surface area contributed by atoms with Crippen LogP contribution < -0.4 is 4.74 Å². The summed E-state index contributed by atoms with van der Waals surface area (Å²) in [5, 5.41) is 0. The van der Waals surface area contributed by atoms with E-state index < -0.39 is 0 Å². The summed E-state index contributed by atoms with van der Waals surface area (Å²) in [5.74, 6) is 0.990. The lowest BCUT2D eigenvalue weighted by Crippen LogP contribution is -2.04. The molecule has 2 rings (SSSR count). The zero-order valence-electron chi connectivity index (χ0n) is 14.2. The molecule has 2 heteroatoms. The minimum absolute atomic E-state index is 0.334. The van der Waals surface area contributed by atoms with E-state index >= 15 is 0 Å². The van der Waals surface area contributed by atoms with E-state index in [4.69, 9.17) is 9.47 Å². The van der Waals surface area contributed by atoms with Gasteiger partial charge in [0, 0.05) is 0 Å². The van der Waals surface area contributed by atoms with Crippen molar-refractivity contribution in [1.82, 2.24) is 0 Å². The molecule has 1 aliphatic heterocycles. The predicted octanol–water partition coefficient (Wildman–Crippen LogP) is 5.54. The lowest BCUT2D eigenvalue weighted by molar-refractivity contribution is 0.263. The number of hydrogen-bond acceptors (Lipinski definition) is 2. The fourth-order valence-electron chi connectivity index (χ4n) is 2.78. The van der Waals surface area contributed by atoms with Gasteiger partial charge in [-0.05, 0) is 30.5 Å². The highest BCUT2D eigenvalue weighted by Gasteiger charge is 2.22. The normalized spacial score (nSPS) is 16.7. The Morgan fingerprint density at radius 1 is 1.00 bits per heavy atom. The van der Waals surface area contributed by atoms with Crippen molar-refractivity contribution in [3.8, 4) is 5.75 Å². The molecule has 1 unspecified atom stereocenters. The average Bonchev–Trinajstić information content (AvgIpc) is 3.36. The summed E-state index contributed by atoms with van der Waals surface area (Å²) in [7, 11) is 0. The monoisotopic (exact) mass is 304 g/mol. The Labute approximate surface area is 136 Å². The highest BCUT2D eigenvalue weighted by atomic mass is 16.6. The van der Waals surface area contributed by atoms with Crippen molar-refractivity contribution in [2.24, 2.45) is 0 Å². The molecule has 0 aliphatic carbocycles. The van der Waals surface area contributed by atoms with Gasteiger partial charge in [0.05, 0.1) is 6.61 Å². The maximum atomic E-state index is 5.74. The van der Waals surface area contributed by atoms with Gasteiger partial charge in [-0.2, -0.15) is 0 Å². The SMILES string of the molecule is CCCCCCCCCCCc1cccc(OCC2CO2)c1. The second-order valence-corrected chi connectivity index (χ2v) is 6.49. The van der Waals surface area contributed by atoms with E-state index in [0.717, 1.165) is 12.4 Å². The van der Waals surface area contributed by atoms with Gasteiger partial charge in [0.1, 0.15) is 18.5 Å². The lowest BCUT2D eigenvalue weighted by atomic mass is 10.0. The van der Waals surface area contributed by atoms with Crippen LogP contribution in [0.2, 0.25) is 0 Å². The topological polar surface area (TPSA) is 21.8 Å². The predicted molar refractivity (Wildman–Crippen MR) is 92.6 cm³/mol. The number of rotatable bonds is 13. The first-order valence-corrected chi connectivity index (χ1v) is 9.22. The van der Waals surface area contributed by atoms with Crippen LogP contribution in [0.5, 0.6) is 5.75 Å². The minimum atomic E-state index is 0.334. The van der Waals surface area contributed by atoms with E-state index in [1.807, 2.05) is 6.07 Å². The van der Waals surface area contributed by atoms with Crippen LogP contribution in [0.25, 0.3) is 0 Å². The van der Waals surface area contributed by atoms with E-state index in [1.54, 1.807) is 0 Å². The van der Waals surface area contributed by atoms with E-state index in [9.17, 15) is 0 Å². The van der Waals surface area contributed by atoms with E-state index in [2.05, 4.69) is 25.1 Å². The van der Waals surface area contributed by atoms with E-state index in [-0.39, 0.29) is 0 Å². The van der Waals surface area contributed by atoms with Crippen molar-refractivity contribution in [2.45, 2.75) is 77.2 Å². The van der Waals surface area contributed by atoms with Crippen molar-refractivity contribution in [3.05, 3.63) is 29.8 Å². The summed E-state index contributed by atoms with van der Waals surface area (Å²) in [5.41, 5.74) is 1.40. The second kappa shape index (κ2) is 10.7. The molecule has 0 amide bonds. The molecule has 0 spiro atoms. The van der Waals surface area contributed by atoms with Crippen LogP contribution in [0.4, 0.5) is 0 Å². The lowest BCUT2D eigenvalue weighted by Gasteiger charge is -2.07. The number of unbranched alkanes of at least 4 members (excludes halogenated alkanes) is 8. The van der Waals surface area contributed by atoms with Gasteiger partial charge in [0.2, 0.25) is 0 Å². The third-order valence-electron chi connectivity index (χ3n) is 4.31. The van der Waals surface area contributed by atoms with Crippen molar-refractivity contribution >= 4 is 0 Å². The highest BCUT2D eigenvalue weighted by molar-refractivity contribution is 5.28. The van der Waals surface area contributed by atoms with Crippen LogP contribution in [-0.2, 0) is 11.2 Å². The molecule has 1 aromatic carbocycles. The smallest absolute Gasteiger partial charge is 0.119 e. The molecule has 2 nitrogen and oxygen atoms in total. The fourth-order valence-corrected chi connectivity index (χ4v) is 2.78. The van der Waals surface area contributed by atoms with Gasteiger partial charge < -0.3 is 9.47 Å². The fraction of sp³-hybridized carbons (Fsp3) is 0.700. The molecule has 0 saturated carbocycles. The Kier molecular flexibility index (Phi) is 8.40. The largest absolute Gasteiger partial charge is 0.491 e.